The van der Waals surface area contributed by atoms with Crippen LogP contribution in [0, 0.1) is 11.8 Å². The van der Waals surface area contributed by atoms with Gasteiger partial charge in [-0.05, 0) is 18.2 Å². The van der Waals surface area contributed by atoms with Gasteiger partial charge in [-0.2, -0.15) is 0 Å². The first kappa shape index (κ1) is 15.5. The molecule has 0 radical (unpaired) electrons. The second-order valence-electron chi connectivity index (χ2n) is 4.05. The first-order valence-electron chi connectivity index (χ1n) is 5.90. The summed E-state index contributed by atoms with van der Waals surface area (Å²) in [5, 5.41) is 0. The maximum atomic E-state index is 12.1. The lowest BCUT2D eigenvalue weighted by Crippen LogP contribution is -2.35. The Morgan fingerprint density at radius 2 is 2.10 bits per heavy atom. The van der Waals surface area contributed by atoms with Gasteiger partial charge in [0.05, 0.1) is 25.8 Å². The van der Waals surface area contributed by atoms with E-state index in [1.807, 2.05) is 0 Å². The van der Waals surface area contributed by atoms with E-state index in [9.17, 15) is 9.59 Å². The van der Waals surface area contributed by atoms with E-state index in [2.05, 4.69) is 11.8 Å². The molecule has 0 bridgehead atoms. The molecule has 20 heavy (non-hydrogen) atoms. The third-order valence-corrected chi connectivity index (χ3v) is 2.51. The van der Waals surface area contributed by atoms with Crippen LogP contribution in [0.15, 0.2) is 18.2 Å². The number of carbonyl (C=O) groups excluding carboxylic acids is 2. The minimum Gasteiger partial charge on any atom is -0.495 e. The Morgan fingerprint density at radius 1 is 1.40 bits per heavy atom. The number of nitrogens with two attached hydrogens (primary N) is 2. The monoisotopic (exact) mass is 275 g/mol. The fraction of sp³-hybridized carbons (Fsp3) is 0.286. The van der Waals surface area contributed by atoms with Crippen molar-refractivity contribution < 1.29 is 14.3 Å². The third kappa shape index (κ3) is 4.00. The van der Waals surface area contributed by atoms with E-state index in [0.29, 0.717) is 16.9 Å². The summed E-state index contributed by atoms with van der Waals surface area (Å²) in [4.78, 5) is 24.2. The Hall–Kier alpha value is -2.52. The van der Waals surface area contributed by atoms with E-state index in [1.165, 1.54) is 19.1 Å². The van der Waals surface area contributed by atoms with Crippen LogP contribution in [0.1, 0.15) is 15.9 Å². The highest BCUT2D eigenvalue weighted by atomic mass is 16.5. The van der Waals surface area contributed by atoms with Gasteiger partial charge in [0.25, 0.3) is 5.91 Å². The fourth-order valence-electron chi connectivity index (χ4n) is 1.61. The highest BCUT2D eigenvalue weighted by molar-refractivity contribution is 5.96. The normalized spacial score (nSPS) is 9.35. The molecule has 0 heterocycles. The quantitative estimate of drug-likeness (QED) is 0.728. The largest absolute Gasteiger partial charge is 0.495 e. The zero-order valence-corrected chi connectivity index (χ0v) is 11.5. The van der Waals surface area contributed by atoms with Crippen LogP contribution in [-0.4, -0.2) is 44.0 Å². The van der Waals surface area contributed by atoms with Gasteiger partial charge in [-0.1, -0.05) is 11.8 Å². The van der Waals surface area contributed by atoms with Crippen molar-refractivity contribution in [1.29, 1.82) is 0 Å². The van der Waals surface area contributed by atoms with Gasteiger partial charge >= 0.3 is 0 Å². The number of benzene rings is 1. The van der Waals surface area contributed by atoms with Gasteiger partial charge < -0.3 is 21.1 Å². The summed E-state index contributed by atoms with van der Waals surface area (Å²) >= 11 is 0. The van der Waals surface area contributed by atoms with E-state index < -0.39 is 5.91 Å². The number of amides is 2. The van der Waals surface area contributed by atoms with Gasteiger partial charge in [0.1, 0.15) is 5.75 Å². The lowest BCUT2D eigenvalue weighted by molar-refractivity contribution is -0.118. The second-order valence-corrected chi connectivity index (χ2v) is 4.05. The summed E-state index contributed by atoms with van der Waals surface area (Å²) in [6.07, 6.45) is 0. The third-order valence-electron chi connectivity index (χ3n) is 2.51. The predicted octanol–water partition coefficient (Wildman–Crippen LogP) is -0.437. The molecule has 0 saturated carbocycles. The van der Waals surface area contributed by atoms with E-state index in [-0.39, 0.29) is 19.0 Å². The number of likely N-dealkylation sites (N-methyl/N-ethyl adjacent to an activating group) is 1. The van der Waals surface area contributed by atoms with Gasteiger partial charge in [-0.15, -0.1) is 0 Å². The molecule has 6 heteroatoms. The zero-order valence-electron chi connectivity index (χ0n) is 11.5. The Kier molecular flexibility index (Phi) is 5.56. The maximum absolute atomic E-state index is 12.1. The Balaban J connectivity index is 3.07. The Bertz CT molecular complexity index is 573. The Morgan fingerprint density at radius 3 is 2.65 bits per heavy atom. The van der Waals surface area contributed by atoms with Crippen LogP contribution in [0.3, 0.4) is 0 Å². The molecular weight excluding hydrogens is 258 g/mol. The molecule has 0 aliphatic carbocycles. The van der Waals surface area contributed by atoms with Crippen LogP contribution in [-0.2, 0) is 4.79 Å². The molecule has 0 fully saturated rings. The lowest BCUT2D eigenvalue weighted by atomic mass is 10.1. The van der Waals surface area contributed by atoms with E-state index >= 15 is 0 Å². The molecule has 0 spiro atoms. The van der Waals surface area contributed by atoms with Crippen LogP contribution in [0.4, 0.5) is 0 Å². The summed E-state index contributed by atoms with van der Waals surface area (Å²) in [6, 6.07) is 4.85. The smallest absolute Gasteiger partial charge is 0.254 e. The van der Waals surface area contributed by atoms with E-state index in [4.69, 9.17) is 16.2 Å². The average molecular weight is 275 g/mol. The van der Waals surface area contributed by atoms with Crippen molar-refractivity contribution in [2.75, 3.05) is 27.2 Å². The van der Waals surface area contributed by atoms with Crippen molar-refractivity contribution in [2.45, 2.75) is 0 Å². The second kappa shape index (κ2) is 7.16. The van der Waals surface area contributed by atoms with Crippen molar-refractivity contribution in [3.63, 3.8) is 0 Å². The number of rotatable bonds is 4. The van der Waals surface area contributed by atoms with Crippen molar-refractivity contribution >= 4 is 11.8 Å². The van der Waals surface area contributed by atoms with Crippen molar-refractivity contribution in [1.82, 2.24) is 4.90 Å². The first-order chi connectivity index (χ1) is 9.49. The number of ether oxygens (including phenoxy) is 1. The van der Waals surface area contributed by atoms with Gasteiger partial charge in [-0.25, -0.2) is 0 Å². The maximum Gasteiger partial charge on any atom is 0.254 e. The van der Waals surface area contributed by atoms with Crippen LogP contribution in [0.25, 0.3) is 0 Å². The van der Waals surface area contributed by atoms with Gasteiger partial charge in [0.2, 0.25) is 5.91 Å². The number of hydrogen-bond acceptors (Lipinski definition) is 4. The van der Waals surface area contributed by atoms with E-state index in [1.54, 1.807) is 18.2 Å². The van der Waals surface area contributed by atoms with Crippen LogP contribution < -0.4 is 16.2 Å². The molecule has 1 rings (SSSR count). The molecule has 0 aliphatic heterocycles. The van der Waals surface area contributed by atoms with Gasteiger partial charge in [0.15, 0.2) is 0 Å². The number of hydrogen-bond donors (Lipinski definition) is 2. The molecule has 6 nitrogen and oxygen atoms in total. The minimum atomic E-state index is -0.572. The van der Waals surface area contributed by atoms with Crippen LogP contribution in [0.2, 0.25) is 0 Å². The first-order valence-corrected chi connectivity index (χ1v) is 5.90. The minimum absolute atomic E-state index is 0.144. The SMILES string of the molecule is COc1ccc(C(=O)N(C)CC(N)=O)cc1C#CCN. The van der Waals surface area contributed by atoms with E-state index in [0.717, 1.165) is 0 Å². The molecule has 2 amide bonds. The molecule has 4 N–H and O–H groups in total. The molecule has 106 valence electrons. The molecule has 0 saturated heterocycles. The van der Waals surface area contributed by atoms with Gasteiger partial charge in [-0.3, -0.25) is 9.59 Å². The summed E-state index contributed by atoms with van der Waals surface area (Å²) in [5.74, 6) is 5.21. The average Bonchev–Trinajstić information content (AvgIpc) is 2.43. The highest BCUT2D eigenvalue weighted by Crippen LogP contribution is 2.19. The van der Waals surface area contributed by atoms with Crippen LogP contribution in [0.5, 0.6) is 5.75 Å². The highest BCUT2D eigenvalue weighted by Gasteiger charge is 2.15. The summed E-state index contributed by atoms with van der Waals surface area (Å²) in [6.45, 7) is 0.0670. The fourth-order valence-corrected chi connectivity index (χ4v) is 1.61. The molecule has 1 aromatic rings. The summed E-state index contributed by atoms with van der Waals surface area (Å²) in [7, 11) is 3.02. The number of nitrogens with zero attached hydrogens (tertiary/aromatic N) is 1. The van der Waals surface area contributed by atoms with Crippen LogP contribution >= 0.6 is 0 Å². The van der Waals surface area contributed by atoms with Gasteiger partial charge in [0, 0.05) is 12.6 Å². The zero-order chi connectivity index (χ0) is 15.1. The summed E-state index contributed by atoms with van der Waals surface area (Å²) in [5.41, 5.74) is 11.4. The molecule has 0 aliphatic rings. The number of primary amides is 1. The van der Waals surface area contributed by atoms with Crippen molar-refractivity contribution in [3.8, 4) is 17.6 Å². The Labute approximate surface area is 117 Å². The molecule has 0 aromatic heterocycles. The molecule has 0 atom stereocenters. The number of carbonyl (C=O) groups is 2. The number of methoxy groups -OCH3 is 1. The van der Waals surface area contributed by atoms with Crippen molar-refractivity contribution in [3.05, 3.63) is 29.3 Å². The molecular formula is C14H17N3O3. The predicted molar refractivity (Wildman–Crippen MR) is 75.1 cm³/mol. The molecule has 0 unspecified atom stereocenters. The van der Waals surface area contributed by atoms with Crippen molar-refractivity contribution in [2.24, 2.45) is 11.5 Å². The lowest BCUT2D eigenvalue weighted by Gasteiger charge is -2.15. The molecule has 1 aromatic carbocycles. The topological polar surface area (TPSA) is 98.6 Å². The summed E-state index contributed by atoms with van der Waals surface area (Å²) < 4.78 is 5.16. The standard InChI is InChI=1S/C14H17N3O3/c1-17(9-13(16)18)14(19)11-5-6-12(20-2)10(8-11)4-3-7-15/h5-6,8H,7,9,15H2,1-2H3,(H2,16,18).